The molecule has 0 bridgehead atoms. The second kappa shape index (κ2) is 8.55. The molecule has 1 amide bonds. The number of para-hydroxylation sites is 2. The molecule has 1 fully saturated rings. The van der Waals surface area contributed by atoms with Gasteiger partial charge in [0.25, 0.3) is 11.7 Å². The molecule has 34 heavy (non-hydrogen) atoms. The molecular weight excluding hydrogens is 434 g/mol. The number of rotatable bonds is 4. The van der Waals surface area contributed by atoms with E-state index in [9.17, 15) is 14.7 Å². The highest BCUT2D eigenvalue weighted by molar-refractivity contribution is 6.51. The van der Waals surface area contributed by atoms with Gasteiger partial charge in [0.15, 0.2) is 0 Å². The van der Waals surface area contributed by atoms with Gasteiger partial charge >= 0.3 is 0 Å². The fourth-order valence-electron chi connectivity index (χ4n) is 4.42. The van der Waals surface area contributed by atoms with Crippen LogP contribution in [0.5, 0.6) is 11.5 Å². The van der Waals surface area contributed by atoms with E-state index < -0.39 is 17.7 Å². The van der Waals surface area contributed by atoms with E-state index in [0.717, 1.165) is 5.69 Å². The summed E-state index contributed by atoms with van der Waals surface area (Å²) in [5.74, 6) is -0.654. The number of aromatic nitrogens is 1. The number of likely N-dealkylation sites (N-methyl/N-ethyl adjacent to an activating group) is 1. The first-order valence-electron chi connectivity index (χ1n) is 10.8. The maximum absolute atomic E-state index is 13.3. The summed E-state index contributed by atoms with van der Waals surface area (Å²) in [4.78, 5) is 34.2. The van der Waals surface area contributed by atoms with Crippen molar-refractivity contribution in [3.8, 4) is 11.5 Å². The van der Waals surface area contributed by atoms with Crippen molar-refractivity contribution in [2.45, 2.75) is 6.04 Å². The minimum absolute atomic E-state index is 0.0109. The van der Waals surface area contributed by atoms with Gasteiger partial charge in [-0.1, -0.05) is 18.2 Å². The van der Waals surface area contributed by atoms with Gasteiger partial charge in [0.1, 0.15) is 23.9 Å². The molecule has 2 aliphatic rings. The van der Waals surface area contributed by atoms with Crippen LogP contribution in [-0.4, -0.2) is 49.1 Å². The predicted molar refractivity (Wildman–Crippen MR) is 127 cm³/mol. The zero-order valence-corrected chi connectivity index (χ0v) is 18.8. The molecular formula is C26H23N3O5. The number of Topliss-reactive ketones (excluding diaryl/α,β-unsaturated/α-hetero) is 1. The summed E-state index contributed by atoms with van der Waals surface area (Å²) in [6.07, 6.45) is 3.19. The molecule has 0 saturated carbocycles. The number of amides is 1. The zero-order valence-electron chi connectivity index (χ0n) is 18.8. The number of ketones is 1. The van der Waals surface area contributed by atoms with Crippen molar-refractivity contribution in [1.29, 1.82) is 0 Å². The van der Waals surface area contributed by atoms with Crippen LogP contribution in [-0.2, 0) is 9.59 Å². The molecule has 3 heterocycles. The van der Waals surface area contributed by atoms with Gasteiger partial charge in [-0.2, -0.15) is 0 Å². The first kappa shape index (κ1) is 21.5. The molecule has 1 unspecified atom stereocenters. The Bertz CT molecular complexity index is 1300. The monoisotopic (exact) mass is 457 g/mol. The highest BCUT2D eigenvalue weighted by Crippen LogP contribution is 2.45. The molecule has 1 saturated heterocycles. The molecule has 8 heteroatoms. The Morgan fingerprint density at radius 3 is 2.71 bits per heavy atom. The van der Waals surface area contributed by atoms with Crippen molar-refractivity contribution >= 4 is 28.8 Å². The maximum Gasteiger partial charge on any atom is 0.300 e. The van der Waals surface area contributed by atoms with Gasteiger partial charge < -0.3 is 19.5 Å². The fourth-order valence-corrected chi connectivity index (χ4v) is 4.42. The van der Waals surface area contributed by atoms with Crippen LogP contribution in [0.2, 0.25) is 0 Å². The number of carbonyl (C=O) groups is 2. The smallest absolute Gasteiger partial charge is 0.300 e. The minimum Gasteiger partial charge on any atom is -0.507 e. The molecule has 172 valence electrons. The summed E-state index contributed by atoms with van der Waals surface area (Å²) >= 11 is 0. The van der Waals surface area contributed by atoms with Crippen molar-refractivity contribution in [3.63, 3.8) is 0 Å². The SMILES string of the molecule is COc1ccccc1N1C(=O)C(=O)/C(=C(\O)c2ccc3c(c2)N(C)CCO3)C1c1cccnc1. The first-order valence-corrected chi connectivity index (χ1v) is 10.8. The van der Waals surface area contributed by atoms with Crippen LogP contribution < -0.4 is 19.3 Å². The van der Waals surface area contributed by atoms with Gasteiger partial charge in [-0.25, -0.2) is 0 Å². The van der Waals surface area contributed by atoms with Crippen LogP contribution in [0.1, 0.15) is 17.2 Å². The number of hydrogen-bond donors (Lipinski definition) is 1. The highest BCUT2D eigenvalue weighted by Gasteiger charge is 2.48. The highest BCUT2D eigenvalue weighted by atomic mass is 16.5. The zero-order chi connectivity index (χ0) is 23.8. The summed E-state index contributed by atoms with van der Waals surface area (Å²) in [6.45, 7) is 1.27. The Hall–Kier alpha value is -4.33. The van der Waals surface area contributed by atoms with Gasteiger partial charge in [0, 0.05) is 25.0 Å². The molecule has 0 aliphatic carbocycles. The average Bonchev–Trinajstić information content (AvgIpc) is 3.14. The van der Waals surface area contributed by atoms with E-state index >= 15 is 0 Å². The lowest BCUT2D eigenvalue weighted by molar-refractivity contribution is -0.132. The third-order valence-electron chi connectivity index (χ3n) is 6.12. The van der Waals surface area contributed by atoms with Crippen molar-refractivity contribution in [2.75, 3.05) is 37.1 Å². The second-order valence-corrected chi connectivity index (χ2v) is 8.08. The van der Waals surface area contributed by atoms with E-state index in [1.807, 2.05) is 11.9 Å². The fraction of sp³-hybridized carbons (Fsp3) is 0.192. The molecule has 5 rings (SSSR count). The minimum atomic E-state index is -0.880. The molecule has 1 N–H and O–H groups in total. The second-order valence-electron chi connectivity index (χ2n) is 8.08. The van der Waals surface area contributed by atoms with Crippen molar-refractivity contribution < 1.29 is 24.2 Å². The van der Waals surface area contributed by atoms with Gasteiger partial charge in [0.2, 0.25) is 0 Å². The Balaban J connectivity index is 1.71. The van der Waals surface area contributed by atoms with E-state index in [-0.39, 0.29) is 11.3 Å². The maximum atomic E-state index is 13.3. The van der Waals surface area contributed by atoms with E-state index in [0.29, 0.717) is 41.5 Å². The third-order valence-corrected chi connectivity index (χ3v) is 6.12. The van der Waals surface area contributed by atoms with Gasteiger partial charge in [-0.05, 0) is 42.0 Å². The van der Waals surface area contributed by atoms with E-state index in [2.05, 4.69) is 4.98 Å². The van der Waals surface area contributed by atoms with Crippen molar-refractivity contribution in [1.82, 2.24) is 4.98 Å². The molecule has 1 atom stereocenters. The predicted octanol–water partition coefficient (Wildman–Crippen LogP) is 3.55. The Labute approximate surface area is 196 Å². The summed E-state index contributed by atoms with van der Waals surface area (Å²) in [6, 6.07) is 14.8. The number of aliphatic hydroxyl groups is 1. The van der Waals surface area contributed by atoms with E-state index in [4.69, 9.17) is 9.47 Å². The van der Waals surface area contributed by atoms with Crippen molar-refractivity contribution in [3.05, 3.63) is 83.7 Å². The van der Waals surface area contributed by atoms with Gasteiger partial charge in [-0.15, -0.1) is 0 Å². The number of methoxy groups -OCH3 is 1. The number of ether oxygens (including phenoxy) is 2. The number of pyridine rings is 1. The number of fused-ring (bicyclic) bond motifs is 1. The van der Waals surface area contributed by atoms with E-state index in [1.165, 1.54) is 12.0 Å². The number of nitrogens with zero attached hydrogens (tertiary/aromatic N) is 3. The number of carbonyl (C=O) groups excluding carboxylic acids is 2. The van der Waals surface area contributed by atoms with Crippen LogP contribution in [0, 0.1) is 0 Å². The number of anilines is 2. The molecule has 0 spiro atoms. The number of benzene rings is 2. The Morgan fingerprint density at radius 1 is 1.12 bits per heavy atom. The molecule has 3 aromatic rings. The largest absolute Gasteiger partial charge is 0.507 e. The molecule has 0 radical (unpaired) electrons. The van der Waals surface area contributed by atoms with Crippen LogP contribution in [0.15, 0.2) is 72.6 Å². The van der Waals surface area contributed by atoms with E-state index in [1.54, 1.807) is 67.0 Å². The lowest BCUT2D eigenvalue weighted by atomic mass is 9.95. The summed E-state index contributed by atoms with van der Waals surface area (Å²) in [5, 5.41) is 11.4. The summed E-state index contributed by atoms with van der Waals surface area (Å²) < 4.78 is 11.2. The van der Waals surface area contributed by atoms with Crippen LogP contribution in [0.4, 0.5) is 11.4 Å². The molecule has 2 aliphatic heterocycles. The normalized spacial score (nSPS) is 19.1. The Morgan fingerprint density at radius 2 is 1.94 bits per heavy atom. The summed E-state index contributed by atoms with van der Waals surface area (Å²) in [5.41, 5.74) is 2.23. The number of hydrogen-bond acceptors (Lipinski definition) is 7. The molecule has 2 aromatic carbocycles. The third kappa shape index (κ3) is 3.44. The average molecular weight is 457 g/mol. The van der Waals surface area contributed by atoms with Crippen LogP contribution in [0.3, 0.4) is 0 Å². The lowest BCUT2D eigenvalue weighted by Crippen LogP contribution is -2.29. The van der Waals surface area contributed by atoms with Gasteiger partial charge in [0.05, 0.1) is 36.6 Å². The molecule has 1 aromatic heterocycles. The quantitative estimate of drug-likeness (QED) is 0.364. The van der Waals surface area contributed by atoms with Gasteiger partial charge in [-0.3, -0.25) is 19.5 Å². The van der Waals surface area contributed by atoms with Crippen molar-refractivity contribution in [2.24, 2.45) is 0 Å². The number of aliphatic hydroxyl groups excluding tert-OH is 1. The molecule has 8 nitrogen and oxygen atoms in total. The Kier molecular flexibility index (Phi) is 5.41. The standard InChI is InChI=1S/C26H23N3O5/c1-28-12-13-34-21-10-9-16(14-19(21)28)24(30)22-23(17-6-5-11-27-15-17)29(26(32)25(22)31)18-7-3-4-8-20(18)33-2/h3-11,14-15,23,30H,12-13H2,1-2H3/b24-22-. The van der Waals surface area contributed by atoms with Crippen LogP contribution in [0.25, 0.3) is 5.76 Å². The topological polar surface area (TPSA) is 92.2 Å². The lowest BCUT2D eigenvalue weighted by Gasteiger charge is -2.28. The first-order chi connectivity index (χ1) is 16.5. The van der Waals surface area contributed by atoms with Crippen LogP contribution >= 0.6 is 0 Å². The summed E-state index contributed by atoms with van der Waals surface area (Å²) in [7, 11) is 3.43.